The molecule has 0 spiro atoms. The minimum Gasteiger partial charge on any atom is -0.491 e. The predicted octanol–water partition coefficient (Wildman–Crippen LogP) is 4.72. The van der Waals surface area contributed by atoms with Crippen LogP contribution in [0.2, 0.25) is 0 Å². The molecule has 2 atom stereocenters. The molecule has 174 valence electrons. The minimum absolute atomic E-state index is 0.0207. The first-order valence-electron chi connectivity index (χ1n) is 11.5. The minimum atomic E-state index is -0.182. The summed E-state index contributed by atoms with van der Waals surface area (Å²) in [6, 6.07) is 11.5. The summed E-state index contributed by atoms with van der Waals surface area (Å²) in [6.45, 7) is 9.73. The lowest BCUT2D eigenvalue weighted by molar-refractivity contribution is -0.135. The largest absolute Gasteiger partial charge is 0.491 e. The topological polar surface area (TPSA) is 61.9 Å². The number of carbonyl (C=O) groups is 2. The molecular weight excluding hydrogens is 422 g/mol. The molecule has 0 saturated carbocycles. The zero-order valence-electron chi connectivity index (χ0n) is 19.5. The Morgan fingerprint density at radius 2 is 1.97 bits per heavy atom. The predicted molar refractivity (Wildman–Crippen MR) is 129 cm³/mol. The summed E-state index contributed by atoms with van der Waals surface area (Å²) in [4.78, 5) is 31.1. The van der Waals surface area contributed by atoms with Gasteiger partial charge in [0.05, 0.1) is 6.04 Å². The van der Waals surface area contributed by atoms with Crippen molar-refractivity contribution in [1.82, 2.24) is 15.1 Å². The van der Waals surface area contributed by atoms with Crippen molar-refractivity contribution >= 4 is 23.3 Å². The van der Waals surface area contributed by atoms with Crippen LogP contribution in [0.5, 0.6) is 5.75 Å². The van der Waals surface area contributed by atoms with E-state index in [4.69, 9.17) is 4.74 Å². The molecule has 7 heteroatoms. The summed E-state index contributed by atoms with van der Waals surface area (Å²) < 4.78 is 6.06. The van der Waals surface area contributed by atoms with Crippen molar-refractivity contribution in [3.05, 3.63) is 52.2 Å². The summed E-state index contributed by atoms with van der Waals surface area (Å²) in [5.41, 5.74) is 1.16. The monoisotopic (exact) mass is 457 g/mol. The van der Waals surface area contributed by atoms with Crippen LogP contribution in [0, 0.1) is 5.92 Å². The third kappa shape index (κ3) is 6.25. The fourth-order valence-electron chi connectivity index (χ4n) is 3.88. The van der Waals surface area contributed by atoms with Gasteiger partial charge in [-0.25, -0.2) is 4.79 Å². The fourth-order valence-corrected chi connectivity index (χ4v) is 4.81. The maximum Gasteiger partial charge on any atom is 0.318 e. The van der Waals surface area contributed by atoms with Crippen molar-refractivity contribution < 1.29 is 14.3 Å². The lowest BCUT2D eigenvalue weighted by atomic mass is 10.00. The first-order chi connectivity index (χ1) is 15.4. The Bertz CT molecular complexity index is 884. The van der Waals surface area contributed by atoms with E-state index in [0.29, 0.717) is 25.6 Å². The highest BCUT2D eigenvalue weighted by molar-refractivity contribution is 7.10. The molecule has 2 unspecified atom stereocenters. The number of amides is 3. The number of urea groups is 1. The molecule has 3 amide bonds. The first kappa shape index (κ1) is 24.1. The Kier molecular flexibility index (Phi) is 8.56. The highest BCUT2D eigenvalue weighted by Crippen LogP contribution is 2.34. The van der Waals surface area contributed by atoms with Crippen LogP contribution in [0.3, 0.4) is 0 Å². The zero-order chi connectivity index (χ0) is 23.1. The number of rotatable bonds is 9. The summed E-state index contributed by atoms with van der Waals surface area (Å²) in [5, 5.41) is 5.03. The zero-order valence-corrected chi connectivity index (χ0v) is 20.4. The van der Waals surface area contributed by atoms with E-state index in [1.54, 1.807) is 16.2 Å². The number of nitrogens with zero attached hydrogens (tertiary/aromatic N) is 2. The number of para-hydroxylation sites is 1. The van der Waals surface area contributed by atoms with E-state index in [1.807, 2.05) is 49.1 Å². The van der Waals surface area contributed by atoms with Gasteiger partial charge in [0, 0.05) is 24.0 Å². The van der Waals surface area contributed by atoms with E-state index in [0.717, 1.165) is 24.2 Å². The van der Waals surface area contributed by atoms with E-state index >= 15 is 0 Å². The number of benzene rings is 1. The van der Waals surface area contributed by atoms with Crippen molar-refractivity contribution in [3.63, 3.8) is 0 Å². The molecule has 2 aromatic rings. The average Bonchev–Trinajstić information content (AvgIpc) is 3.26. The van der Waals surface area contributed by atoms with Gasteiger partial charge >= 0.3 is 6.03 Å². The van der Waals surface area contributed by atoms with E-state index in [1.165, 1.54) is 4.88 Å². The maximum absolute atomic E-state index is 13.5. The van der Waals surface area contributed by atoms with Gasteiger partial charge in [0.2, 0.25) is 5.91 Å². The normalized spacial score (nSPS) is 16.4. The molecule has 0 aliphatic carbocycles. The van der Waals surface area contributed by atoms with Gasteiger partial charge in [-0.2, -0.15) is 0 Å². The van der Waals surface area contributed by atoms with Crippen LogP contribution in [-0.2, 0) is 11.2 Å². The standard InChI is InChI=1S/C25H35N3O3S/c1-5-19(4)15-27(25(30)26-18(2)3)16-24(29)28-13-11-23-21(12-14-32-23)22(28)17-31-20-9-7-6-8-10-20/h6-10,12,14,18-19,22H,5,11,13,15-17H2,1-4H3,(H,26,30). The Hall–Kier alpha value is -2.54. The van der Waals surface area contributed by atoms with E-state index in [-0.39, 0.29) is 30.6 Å². The lowest BCUT2D eigenvalue weighted by Gasteiger charge is -2.37. The van der Waals surface area contributed by atoms with Gasteiger partial charge in [-0.05, 0) is 55.3 Å². The van der Waals surface area contributed by atoms with E-state index < -0.39 is 0 Å². The smallest absolute Gasteiger partial charge is 0.318 e. The average molecular weight is 458 g/mol. The summed E-state index contributed by atoms with van der Waals surface area (Å²) >= 11 is 1.73. The molecule has 32 heavy (non-hydrogen) atoms. The number of ether oxygens (including phenoxy) is 1. The van der Waals surface area contributed by atoms with Crippen molar-refractivity contribution in [2.24, 2.45) is 5.92 Å². The van der Waals surface area contributed by atoms with Crippen LogP contribution in [0.15, 0.2) is 41.8 Å². The highest BCUT2D eigenvalue weighted by Gasteiger charge is 2.33. The molecule has 0 bridgehead atoms. The molecule has 1 N–H and O–H groups in total. The number of hydrogen-bond acceptors (Lipinski definition) is 4. The van der Waals surface area contributed by atoms with Crippen LogP contribution in [0.1, 0.15) is 50.6 Å². The summed E-state index contributed by atoms with van der Waals surface area (Å²) in [6.07, 6.45) is 1.79. The first-order valence-corrected chi connectivity index (χ1v) is 12.4. The third-order valence-electron chi connectivity index (χ3n) is 5.82. The molecule has 0 saturated heterocycles. The lowest BCUT2D eigenvalue weighted by Crippen LogP contribution is -2.51. The molecule has 1 aliphatic rings. The van der Waals surface area contributed by atoms with Gasteiger partial charge in [-0.1, -0.05) is 38.5 Å². The summed E-state index contributed by atoms with van der Waals surface area (Å²) in [5.74, 6) is 1.07. The van der Waals surface area contributed by atoms with Crippen LogP contribution >= 0.6 is 11.3 Å². The quantitative estimate of drug-likeness (QED) is 0.593. The second kappa shape index (κ2) is 11.4. The van der Waals surface area contributed by atoms with Crippen molar-refractivity contribution in [2.75, 3.05) is 26.2 Å². The van der Waals surface area contributed by atoms with Crippen LogP contribution in [0.4, 0.5) is 4.79 Å². The van der Waals surface area contributed by atoms with Crippen LogP contribution in [0.25, 0.3) is 0 Å². The number of fused-ring (bicyclic) bond motifs is 1. The molecule has 3 rings (SSSR count). The molecule has 6 nitrogen and oxygen atoms in total. The maximum atomic E-state index is 13.5. The molecule has 2 heterocycles. The number of hydrogen-bond donors (Lipinski definition) is 1. The Morgan fingerprint density at radius 3 is 2.66 bits per heavy atom. The van der Waals surface area contributed by atoms with E-state index in [9.17, 15) is 9.59 Å². The molecule has 1 aliphatic heterocycles. The van der Waals surface area contributed by atoms with Gasteiger partial charge in [-0.3, -0.25) is 4.79 Å². The third-order valence-corrected chi connectivity index (χ3v) is 6.82. The molecule has 0 fully saturated rings. The molecule has 0 radical (unpaired) electrons. The highest BCUT2D eigenvalue weighted by atomic mass is 32.1. The molecule has 1 aromatic carbocycles. The molecular formula is C25H35N3O3S. The second-order valence-electron chi connectivity index (χ2n) is 8.77. The van der Waals surface area contributed by atoms with Crippen molar-refractivity contribution in [2.45, 2.75) is 52.6 Å². The van der Waals surface area contributed by atoms with Gasteiger partial charge < -0.3 is 19.9 Å². The Labute approximate surface area is 195 Å². The number of carbonyl (C=O) groups excluding carboxylic acids is 2. The van der Waals surface area contributed by atoms with Crippen molar-refractivity contribution in [1.29, 1.82) is 0 Å². The van der Waals surface area contributed by atoms with Gasteiger partial charge in [0.1, 0.15) is 18.9 Å². The fraction of sp³-hybridized carbons (Fsp3) is 0.520. The van der Waals surface area contributed by atoms with Gasteiger partial charge in [-0.15, -0.1) is 11.3 Å². The molecule has 1 aromatic heterocycles. The van der Waals surface area contributed by atoms with Crippen molar-refractivity contribution in [3.8, 4) is 5.75 Å². The SMILES string of the molecule is CCC(C)CN(CC(=O)N1CCc2sccc2C1COc1ccccc1)C(=O)NC(C)C. The van der Waals surface area contributed by atoms with Gasteiger partial charge in [0.25, 0.3) is 0 Å². The second-order valence-corrected chi connectivity index (χ2v) is 9.77. The number of nitrogens with one attached hydrogen (secondary N) is 1. The van der Waals surface area contributed by atoms with Crippen LogP contribution in [-0.4, -0.2) is 54.0 Å². The van der Waals surface area contributed by atoms with Crippen LogP contribution < -0.4 is 10.1 Å². The van der Waals surface area contributed by atoms with E-state index in [2.05, 4.69) is 30.6 Å². The summed E-state index contributed by atoms with van der Waals surface area (Å²) in [7, 11) is 0. The Balaban J connectivity index is 1.75. The number of thiophene rings is 1. The van der Waals surface area contributed by atoms with Gasteiger partial charge in [0.15, 0.2) is 0 Å². The Morgan fingerprint density at radius 1 is 1.22 bits per heavy atom.